The van der Waals surface area contributed by atoms with Crippen LogP contribution in [0.25, 0.3) is 0 Å². The summed E-state index contributed by atoms with van der Waals surface area (Å²) in [5, 5.41) is 44.0. The molecule has 0 aromatic carbocycles. The third-order valence-electron chi connectivity index (χ3n) is 7.82. The minimum absolute atomic E-state index is 0.0665. The number of rotatable bonds is 38. The fraction of sp³-hybridized carbons (Fsp3) is 1.00. The van der Waals surface area contributed by atoms with Crippen molar-refractivity contribution in [3.05, 3.63) is 0 Å². The Morgan fingerprint density at radius 1 is 0.560 bits per heavy atom. The van der Waals surface area contributed by atoms with Crippen LogP contribution in [0.15, 0.2) is 0 Å². The molecular weight excluding hydrogens is 691 g/mol. The Bertz CT molecular complexity index is 747. The lowest BCUT2D eigenvalue weighted by Crippen LogP contribution is -2.44. The van der Waals surface area contributed by atoms with Crippen LogP contribution < -0.4 is 21.3 Å². The predicted octanol–water partition coefficient (Wildman–Crippen LogP) is -3.39. The van der Waals surface area contributed by atoms with Crippen LogP contribution in [0.4, 0.5) is 0 Å². The molecular formula is C31H73N5O12Si2. The maximum atomic E-state index is 10.5. The van der Waals surface area contributed by atoms with Crippen molar-refractivity contribution in [2.24, 2.45) is 5.92 Å². The van der Waals surface area contributed by atoms with Gasteiger partial charge in [0.05, 0.1) is 38.1 Å². The van der Waals surface area contributed by atoms with Crippen LogP contribution in [-0.2, 0) is 14.2 Å². The van der Waals surface area contributed by atoms with Gasteiger partial charge < -0.3 is 79.6 Å². The Morgan fingerprint density at radius 3 is 1.54 bits per heavy atom. The van der Waals surface area contributed by atoms with Crippen molar-refractivity contribution < 1.29 is 58.3 Å². The second-order valence-electron chi connectivity index (χ2n) is 13.0. The summed E-state index contributed by atoms with van der Waals surface area (Å²) in [5.74, 6) is 0.561. The van der Waals surface area contributed by atoms with Gasteiger partial charge >= 0.3 is 17.6 Å². The fourth-order valence-corrected chi connectivity index (χ4v) is 6.15. The Labute approximate surface area is 302 Å². The first-order valence-electron chi connectivity index (χ1n) is 18.4. The quantitative estimate of drug-likeness (QED) is 0.0216. The smallest absolute Gasteiger partial charge is 0.390 e. The molecule has 0 aliphatic heterocycles. The van der Waals surface area contributed by atoms with Crippen LogP contribution in [0.1, 0.15) is 52.4 Å². The minimum Gasteiger partial charge on any atom is -0.390 e. The van der Waals surface area contributed by atoms with E-state index in [2.05, 4.69) is 40.0 Å². The average molecular weight is 764 g/mol. The monoisotopic (exact) mass is 763 g/mol. The summed E-state index contributed by atoms with van der Waals surface area (Å²) < 4.78 is 16.5. The van der Waals surface area contributed by atoms with Crippen molar-refractivity contribution in [2.75, 3.05) is 112 Å². The molecule has 17 nitrogen and oxygen atoms in total. The van der Waals surface area contributed by atoms with E-state index >= 15 is 0 Å². The molecule has 0 fully saturated rings. The maximum absolute atomic E-state index is 10.5. The number of unbranched alkanes of at least 4 members (excludes halogenated alkanes) is 1. The summed E-state index contributed by atoms with van der Waals surface area (Å²) in [5.41, 5.74) is 0. The normalized spacial score (nSPS) is 15.1. The molecule has 0 saturated carbocycles. The van der Waals surface area contributed by atoms with E-state index in [1.807, 2.05) is 0 Å². The molecule has 0 aliphatic rings. The van der Waals surface area contributed by atoms with Gasteiger partial charge in [-0.25, -0.2) is 0 Å². The molecule has 0 spiro atoms. The van der Waals surface area contributed by atoms with Gasteiger partial charge in [-0.1, -0.05) is 33.1 Å². The number of hydrogen-bond donors (Lipinski definition) is 13. The van der Waals surface area contributed by atoms with E-state index < -0.39 is 35.9 Å². The van der Waals surface area contributed by atoms with Crippen LogP contribution in [0.3, 0.4) is 0 Å². The summed E-state index contributed by atoms with van der Waals surface area (Å²) in [6, 6.07) is -0.239. The highest BCUT2D eigenvalue weighted by Gasteiger charge is 2.26. The van der Waals surface area contributed by atoms with Gasteiger partial charge in [-0.3, -0.25) is 4.90 Å². The maximum Gasteiger partial charge on any atom is 0.492 e. The molecule has 19 heteroatoms. The molecule has 0 bridgehead atoms. The van der Waals surface area contributed by atoms with Crippen LogP contribution in [0.2, 0.25) is 12.1 Å². The number of hydrogen-bond acceptors (Lipinski definition) is 17. The summed E-state index contributed by atoms with van der Waals surface area (Å²) >= 11 is 0. The van der Waals surface area contributed by atoms with Crippen molar-refractivity contribution in [3.63, 3.8) is 0 Å². The van der Waals surface area contributed by atoms with Gasteiger partial charge in [-0.2, -0.15) is 0 Å². The fourth-order valence-electron chi connectivity index (χ4n) is 4.91. The van der Waals surface area contributed by atoms with E-state index in [1.165, 1.54) is 19.3 Å². The number of ether oxygens (including phenoxy) is 3. The van der Waals surface area contributed by atoms with Crippen LogP contribution >= 0.6 is 0 Å². The van der Waals surface area contributed by atoms with Crippen molar-refractivity contribution in [2.45, 2.75) is 82.8 Å². The molecule has 0 aliphatic carbocycles. The summed E-state index contributed by atoms with van der Waals surface area (Å²) in [6.07, 6.45) is 3.17. The first kappa shape index (κ1) is 49.8. The Balaban J connectivity index is 4.23. The van der Waals surface area contributed by atoms with Crippen LogP contribution in [-0.4, -0.2) is 197 Å². The van der Waals surface area contributed by atoms with Gasteiger partial charge in [-0.15, -0.1) is 0 Å². The summed E-state index contributed by atoms with van der Waals surface area (Å²) in [7, 11) is -8.16. The average Bonchev–Trinajstić information content (AvgIpc) is 3.03. The molecule has 0 radical (unpaired) electrons. The zero-order chi connectivity index (χ0) is 37.5. The van der Waals surface area contributed by atoms with Gasteiger partial charge in [0.15, 0.2) is 0 Å². The first-order chi connectivity index (χ1) is 23.8. The zero-order valence-electron chi connectivity index (χ0n) is 30.7. The van der Waals surface area contributed by atoms with E-state index in [9.17, 15) is 15.3 Å². The lowest BCUT2D eigenvalue weighted by Gasteiger charge is -2.26. The number of nitrogens with one attached hydrogen (secondary N) is 4. The number of nitrogens with zero attached hydrogens (tertiary/aromatic N) is 1. The van der Waals surface area contributed by atoms with E-state index in [-0.39, 0.29) is 57.9 Å². The third-order valence-corrected chi connectivity index (χ3v) is 9.87. The van der Waals surface area contributed by atoms with Gasteiger partial charge in [0.1, 0.15) is 0 Å². The molecule has 0 rings (SSSR count). The van der Waals surface area contributed by atoms with Crippen LogP contribution in [0.5, 0.6) is 0 Å². The first-order valence-corrected chi connectivity index (χ1v) is 22.5. The second-order valence-corrected chi connectivity index (χ2v) is 17.1. The molecule has 302 valence electrons. The SMILES string of the molecule is CCCCC(CC)COCC(O)CNCCNCCNCCN(CCNCC(O)COCCC[Si](O)(O)O)CC(O)COCCC[Si](O)(O)O. The largest absolute Gasteiger partial charge is 0.492 e. The molecule has 13 N–H and O–H groups in total. The van der Waals surface area contributed by atoms with E-state index in [4.69, 9.17) is 43.0 Å². The molecule has 4 unspecified atom stereocenters. The minimum atomic E-state index is -4.09. The highest BCUT2D eigenvalue weighted by molar-refractivity contribution is 6.56. The van der Waals surface area contributed by atoms with Gasteiger partial charge in [-0.05, 0) is 25.2 Å². The summed E-state index contributed by atoms with van der Waals surface area (Å²) in [6.45, 7) is 12.5. The Hall–Kier alpha value is -0.246. The van der Waals surface area contributed by atoms with Gasteiger partial charge in [0.25, 0.3) is 0 Å². The highest BCUT2D eigenvalue weighted by Crippen LogP contribution is 2.13. The van der Waals surface area contributed by atoms with E-state index in [0.29, 0.717) is 58.4 Å². The lowest BCUT2D eigenvalue weighted by atomic mass is 10.0. The van der Waals surface area contributed by atoms with Crippen molar-refractivity contribution in [1.29, 1.82) is 0 Å². The Morgan fingerprint density at radius 2 is 1.02 bits per heavy atom. The van der Waals surface area contributed by atoms with E-state index in [1.54, 1.807) is 0 Å². The molecule has 50 heavy (non-hydrogen) atoms. The zero-order valence-corrected chi connectivity index (χ0v) is 32.7. The highest BCUT2D eigenvalue weighted by atomic mass is 28.4. The van der Waals surface area contributed by atoms with E-state index in [0.717, 1.165) is 32.6 Å². The van der Waals surface area contributed by atoms with Crippen molar-refractivity contribution in [1.82, 2.24) is 26.2 Å². The molecule has 0 heterocycles. The predicted molar refractivity (Wildman–Crippen MR) is 195 cm³/mol. The van der Waals surface area contributed by atoms with Gasteiger partial charge in [0, 0.05) is 104 Å². The number of aliphatic hydroxyl groups excluding tert-OH is 3. The lowest BCUT2D eigenvalue weighted by molar-refractivity contribution is 0.0158. The van der Waals surface area contributed by atoms with Crippen molar-refractivity contribution in [3.8, 4) is 0 Å². The Kier molecular flexibility index (Phi) is 32.0. The molecule has 0 amide bonds. The topological polar surface area (TPSA) is 261 Å². The molecule has 0 aromatic heterocycles. The third kappa shape index (κ3) is 36.1. The second kappa shape index (κ2) is 32.2. The van der Waals surface area contributed by atoms with Crippen molar-refractivity contribution >= 4 is 17.6 Å². The summed E-state index contributed by atoms with van der Waals surface area (Å²) in [4.78, 5) is 56.4. The van der Waals surface area contributed by atoms with Crippen LogP contribution in [0, 0.1) is 5.92 Å². The molecule has 0 saturated heterocycles. The molecule has 0 aromatic rings. The number of aliphatic hydroxyl groups is 3. The van der Waals surface area contributed by atoms with Gasteiger partial charge in [0.2, 0.25) is 0 Å². The standard InChI is InChI=1S/C31H73N5O12Si2/c1-3-5-8-28(4-2)24-48-26-30(38)21-34-12-11-32-9-10-33-13-15-36(23-31(39)27-47-18-7-20-50(43,44)45)16-14-35-22-29(37)25-46-17-6-19-49(40,41)42/h28-35,37-45H,3-27H2,1-2H3. The molecule has 4 atom stereocenters.